The summed E-state index contributed by atoms with van der Waals surface area (Å²) in [5.74, 6) is -0.764. The van der Waals surface area contributed by atoms with Gasteiger partial charge < -0.3 is 9.67 Å². The lowest BCUT2D eigenvalue weighted by molar-refractivity contribution is 0.0685. The number of hydrogen-bond donors (Lipinski definition) is 1. The topological polar surface area (TPSA) is 55.1 Å². The van der Waals surface area contributed by atoms with E-state index in [4.69, 9.17) is 11.6 Å². The lowest BCUT2D eigenvalue weighted by atomic mass is 10.1. The van der Waals surface area contributed by atoms with Crippen molar-refractivity contribution in [3.05, 3.63) is 51.1 Å². The number of imidazole rings is 1. The zero-order valence-corrected chi connectivity index (χ0v) is 15.5. The number of carboxylic acid groups (broad SMARTS) is 1. The maximum Gasteiger partial charge on any atom is 0.355 e. The molecule has 0 saturated carbocycles. The van der Waals surface area contributed by atoms with Crippen LogP contribution >= 0.6 is 22.9 Å². The number of nitrogens with zero attached hydrogens (tertiary/aromatic N) is 2. The fourth-order valence-corrected chi connectivity index (χ4v) is 4.13. The lowest BCUT2D eigenvalue weighted by Gasteiger charge is -2.10. The largest absolute Gasteiger partial charge is 0.476 e. The van der Waals surface area contributed by atoms with Crippen LogP contribution in [0.25, 0.3) is 10.1 Å². The molecule has 0 aliphatic carbocycles. The van der Waals surface area contributed by atoms with Crippen LogP contribution in [-0.4, -0.2) is 20.6 Å². The summed E-state index contributed by atoms with van der Waals surface area (Å²) < 4.78 is 17.0. The van der Waals surface area contributed by atoms with Crippen molar-refractivity contribution >= 4 is 39.0 Å². The van der Waals surface area contributed by atoms with Gasteiger partial charge in [-0.3, -0.25) is 0 Å². The normalized spacial score (nSPS) is 11.4. The molecule has 25 heavy (non-hydrogen) atoms. The molecule has 2 aromatic heterocycles. The van der Waals surface area contributed by atoms with Crippen LogP contribution in [0.1, 0.15) is 47.2 Å². The first kappa shape index (κ1) is 17.9. The molecule has 0 unspecified atom stereocenters. The van der Waals surface area contributed by atoms with Gasteiger partial charge in [0.2, 0.25) is 0 Å². The van der Waals surface area contributed by atoms with Gasteiger partial charge in [0.05, 0.1) is 6.54 Å². The smallest absolute Gasteiger partial charge is 0.355 e. The molecule has 7 heteroatoms. The van der Waals surface area contributed by atoms with Gasteiger partial charge in [-0.25, -0.2) is 14.2 Å². The average Bonchev–Trinajstić information content (AvgIpc) is 3.11. The van der Waals surface area contributed by atoms with E-state index in [0.717, 1.165) is 23.1 Å². The van der Waals surface area contributed by atoms with Crippen molar-refractivity contribution in [1.82, 2.24) is 9.55 Å². The van der Waals surface area contributed by atoms with Gasteiger partial charge in [0.1, 0.15) is 11.6 Å². The van der Waals surface area contributed by atoms with Crippen LogP contribution in [0.5, 0.6) is 0 Å². The Morgan fingerprint density at radius 1 is 1.44 bits per heavy atom. The molecule has 0 atom stereocenters. The maximum atomic E-state index is 14.6. The number of fused-ring (bicyclic) bond motifs is 1. The summed E-state index contributed by atoms with van der Waals surface area (Å²) in [6.45, 7) is 4.01. The van der Waals surface area contributed by atoms with Crippen molar-refractivity contribution in [2.45, 2.75) is 39.7 Å². The molecule has 0 fully saturated rings. The highest BCUT2D eigenvalue weighted by Crippen LogP contribution is 2.32. The lowest BCUT2D eigenvalue weighted by Crippen LogP contribution is -2.13. The molecular weight excluding hydrogens is 363 g/mol. The first-order chi connectivity index (χ1) is 11.9. The predicted molar refractivity (Wildman–Crippen MR) is 98.4 cm³/mol. The van der Waals surface area contributed by atoms with Crippen LogP contribution in [0.15, 0.2) is 17.5 Å². The Balaban J connectivity index is 2.11. The second-order valence-corrected chi connectivity index (χ2v) is 7.26. The molecule has 1 N–H and O–H groups in total. The second-order valence-electron chi connectivity index (χ2n) is 5.99. The highest BCUT2D eigenvalue weighted by Gasteiger charge is 2.23. The zero-order chi connectivity index (χ0) is 18.1. The number of aromatic nitrogens is 2. The molecule has 3 aromatic rings. The van der Waals surface area contributed by atoms with E-state index in [1.165, 1.54) is 11.3 Å². The number of benzene rings is 1. The molecular formula is C18H18ClFN2O2S. The molecule has 2 heterocycles. The van der Waals surface area contributed by atoms with E-state index < -0.39 is 5.97 Å². The number of halogens is 2. The van der Waals surface area contributed by atoms with E-state index >= 15 is 0 Å². The van der Waals surface area contributed by atoms with Crippen LogP contribution in [0.3, 0.4) is 0 Å². The van der Waals surface area contributed by atoms with Crippen LogP contribution in [0, 0.1) is 12.7 Å². The predicted octanol–water partition coefficient (Wildman–Crippen LogP) is 5.29. The summed E-state index contributed by atoms with van der Waals surface area (Å²) in [5, 5.41) is 11.9. The molecule has 3 rings (SSSR count). The molecule has 0 aliphatic heterocycles. The fraction of sp³-hybridized carbons (Fsp3) is 0.333. The van der Waals surface area contributed by atoms with Crippen molar-refractivity contribution in [1.29, 1.82) is 0 Å². The van der Waals surface area contributed by atoms with E-state index in [1.807, 2.05) is 11.4 Å². The number of thiophene rings is 1. The highest BCUT2D eigenvalue weighted by atomic mass is 35.5. The summed E-state index contributed by atoms with van der Waals surface area (Å²) in [4.78, 5) is 15.9. The van der Waals surface area contributed by atoms with Gasteiger partial charge in [0.25, 0.3) is 0 Å². The number of aromatic carboxylic acids is 1. The number of unbranched alkanes of at least 4 members (excludes halogenated alkanes) is 1. The van der Waals surface area contributed by atoms with E-state index in [2.05, 4.69) is 11.9 Å². The summed E-state index contributed by atoms with van der Waals surface area (Å²) in [5.41, 5.74) is 1.27. The van der Waals surface area contributed by atoms with E-state index in [1.54, 1.807) is 17.6 Å². The van der Waals surface area contributed by atoms with Gasteiger partial charge in [-0.15, -0.1) is 11.3 Å². The van der Waals surface area contributed by atoms with Crippen molar-refractivity contribution < 1.29 is 14.3 Å². The fourth-order valence-electron chi connectivity index (χ4n) is 2.91. The number of hydrogen-bond acceptors (Lipinski definition) is 3. The standard InChI is InChI=1S/C18H18ClFN2O2S/c1-3-4-5-13-21-17(19)16(18(23)24)22(13)8-11-9-25-12-7-6-10(2)15(20)14(11)12/h6-7,9H,3-5,8H2,1-2H3,(H,23,24). The first-order valence-electron chi connectivity index (χ1n) is 8.07. The van der Waals surface area contributed by atoms with E-state index in [9.17, 15) is 14.3 Å². The molecule has 0 radical (unpaired) electrons. The number of aryl methyl sites for hydroxylation is 2. The van der Waals surface area contributed by atoms with Crippen molar-refractivity contribution in [2.75, 3.05) is 0 Å². The van der Waals surface area contributed by atoms with Crippen LogP contribution < -0.4 is 0 Å². The Morgan fingerprint density at radius 2 is 2.20 bits per heavy atom. The minimum atomic E-state index is -1.13. The number of carboxylic acids is 1. The molecule has 0 amide bonds. The Hall–Kier alpha value is -1.92. The van der Waals surface area contributed by atoms with Gasteiger partial charge in [-0.05, 0) is 35.9 Å². The minimum Gasteiger partial charge on any atom is -0.476 e. The SMILES string of the molecule is CCCCc1nc(Cl)c(C(=O)O)n1Cc1csc2ccc(C)c(F)c12. The van der Waals surface area contributed by atoms with Crippen molar-refractivity contribution in [3.63, 3.8) is 0 Å². The number of rotatable bonds is 6. The molecule has 1 aromatic carbocycles. The molecule has 0 bridgehead atoms. The van der Waals surface area contributed by atoms with Gasteiger partial charge in [-0.2, -0.15) is 0 Å². The summed E-state index contributed by atoms with van der Waals surface area (Å²) in [6.07, 6.45) is 2.47. The summed E-state index contributed by atoms with van der Waals surface area (Å²) >= 11 is 7.50. The number of carbonyl (C=O) groups is 1. The minimum absolute atomic E-state index is 0.0187. The highest BCUT2D eigenvalue weighted by molar-refractivity contribution is 7.17. The molecule has 0 aliphatic rings. The van der Waals surface area contributed by atoms with E-state index in [-0.39, 0.29) is 23.2 Å². The molecule has 0 saturated heterocycles. The maximum absolute atomic E-state index is 14.6. The van der Waals surface area contributed by atoms with Gasteiger partial charge in [0, 0.05) is 16.5 Å². The molecule has 132 valence electrons. The Morgan fingerprint density at radius 3 is 2.88 bits per heavy atom. The van der Waals surface area contributed by atoms with Gasteiger partial charge in [-0.1, -0.05) is 31.0 Å². The molecule has 0 spiro atoms. The third-order valence-corrected chi connectivity index (χ3v) is 5.50. The molecule has 4 nitrogen and oxygen atoms in total. The van der Waals surface area contributed by atoms with Gasteiger partial charge in [0.15, 0.2) is 10.8 Å². The monoisotopic (exact) mass is 380 g/mol. The van der Waals surface area contributed by atoms with E-state index in [0.29, 0.717) is 23.2 Å². The Bertz CT molecular complexity index is 948. The quantitative estimate of drug-likeness (QED) is 0.632. The Labute approximate surface area is 153 Å². The third kappa shape index (κ3) is 3.28. The van der Waals surface area contributed by atoms with Gasteiger partial charge >= 0.3 is 5.97 Å². The van der Waals surface area contributed by atoms with Crippen LogP contribution in [0.2, 0.25) is 5.15 Å². The van der Waals surface area contributed by atoms with Crippen LogP contribution in [0.4, 0.5) is 4.39 Å². The first-order valence-corrected chi connectivity index (χ1v) is 9.33. The third-order valence-electron chi connectivity index (χ3n) is 4.24. The summed E-state index contributed by atoms with van der Waals surface area (Å²) in [6, 6.07) is 3.64. The summed E-state index contributed by atoms with van der Waals surface area (Å²) in [7, 11) is 0. The second kappa shape index (κ2) is 7.14. The average molecular weight is 381 g/mol. The van der Waals surface area contributed by atoms with Crippen molar-refractivity contribution in [2.24, 2.45) is 0 Å². The van der Waals surface area contributed by atoms with Crippen LogP contribution in [-0.2, 0) is 13.0 Å². The Kier molecular flexibility index (Phi) is 5.11. The van der Waals surface area contributed by atoms with Crippen molar-refractivity contribution in [3.8, 4) is 0 Å². The zero-order valence-electron chi connectivity index (χ0n) is 14.0.